The van der Waals surface area contributed by atoms with Gasteiger partial charge < -0.3 is 14.6 Å². The molecule has 1 aliphatic heterocycles. The number of hydrogen-bond donors (Lipinski definition) is 1. The maximum absolute atomic E-state index is 12.2. The Labute approximate surface area is 170 Å². The minimum atomic E-state index is -1.33. The van der Waals surface area contributed by atoms with Crippen LogP contribution in [0.15, 0.2) is 84.9 Å². The molecule has 4 aromatic rings. The highest BCUT2D eigenvalue weighted by molar-refractivity contribution is 5.85. The van der Waals surface area contributed by atoms with Crippen LogP contribution in [-0.4, -0.2) is 23.6 Å². The molecule has 0 saturated carbocycles. The first kappa shape index (κ1) is 18.3. The van der Waals surface area contributed by atoms with Crippen LogP contribution in [0.4, 0.5) is 0 Å². The number of hydrogen-bond acceptors (Lipinski definition) is 3. The molecule has 3 heteroatoms. The third-order valence-electron chi connectivity index (χ3n) is 5.85. The van der Waals surface area contributed by atoms with Gasteiger partial charge in [0.25, 0.3) is 0 Å². The van der Waals surface area contributed by atoms with E-state index in [-0.39, 0.29) is 0 Å². The molecule has 0 aromatic heterocycles. The molecule has 1 fully saturated rings. The fourth-order valence-corrected chi connectivity index (χ4v) is 4.28. The summed E-state index contributed by atoms with van der Waals surface area (Å²) in [6.07, 6.45) is -0.514. The lowest BCUT2D eigenvalue weighted by atomic mass is 9.80. The maximum atomic E-state index is 12.2. The highest BCUT2D eigenvalue weighted by atomic mass is 16.7. The highest BCUT2D eigenvalue weighted by Crippen LogP contribution is 2.41. The van der Waals surface area contributed by atoms with Crippen molar-refractivity contribution in [3.8, 4) is 0 Å². The van der Waals surface area contributed by atoms with Crippen LogP contribution in [-0.2, 0) is 15.1 Å². The molecule has 0 radical (unpaired) electrons. The van der Waals surface area contributed by atoms with Crippen LogP contribution in [0.25, 0.3) is 21.5 Å². The minimum Gasteiger partial charge on any atom is -0.378 e. The van der Waals surface area contributed by atoms with E-state index < -0.39 is 17.5 Å². The summed E-state index contributed by atoms with van der Waals surface area (Å²) in [5.41, 5.74) is 0.275. The summed E-state index contributed by atoms with van der Waals surface area (Å²) in [5.74, 6) is -0.730. The van der Waals surface area contributed by atoms with Gasteiger partial charge in [-0.05, 0) is 58.7 Å². The molecule has 0 aliphatic carbocycles. The summed E-state index contributed by atoms with van der Waals surface area (Å²) in [5, 5.41) is 16.7. The maximum Gasteiger partial charge on any atom is 0.163 e. The predicted octanol–water partition coefficient (Wildman–Crippen LogP) is 5.38. The molecular weight excluding hydrogens is 360 g/mol. The average Bonchev–Trinajstić information content (AvgIpc) is 3.12. The second-order valence-electron chi connectivity index (χ2n) is 8.21. The van der Waals surface area contributed by atoms with Gasteiger partial charge in [0.15, 0.2) is 5.79 Å². The Morgan fingerprint density at radius 2 is 1.24 bits per heavy atom. The minimum absolute atomic E-state index is 0.323. The molecule has 1 atom stereocenters. The van der Waals surface area contributed by atoms with Crippen molar-refractivity contribution in [2.24, 2.45) is 0 Å². The van der Waals surface area contributed by atoms with E-state index in [9.17, 15) is 5.11 Å². The van der Waals surface area contributed by atoms with Crippen molar-refractivity contribution >= 4 is 21.5 Å². The van der Waals surface area contributed by atoms with Gasteiger partial charge in [-0.1, -0.05) is 72.8 Å². The van der Waals surface area contributed by atoms with Crippen molar-refractivity contribution < 1.29 is 14.6 Å². The highest BCUT2D eigenvalue weighted by Gasteiger charge is 2.48. The molecule has 0 unspecified atom stereocenters. The molecule has 4 aromatic carbocycles. The summed E-state index contributed by atoms with van der Waals surface area (Å²) in [6, 6.07) is 28.6. The van der Waals surface area contributed by atoms with Crippen molar-refractivity contribution in [1.82, 2.24) is 0 Å². The van der Waals surface area contributed by atoms with E-state index >= 15 is 0 Å². The van der Waals surface area contributed by atoms with E-state index in [1.807, 2.05) is 50.2 Å². The predicted molar refractivity (Wildman–Crippen MR) is 116 cm³/mol. The monoisotopic (exact) mass is 384 g/mol. The van der Waals surface area contributed by atoms with E-state index in [1.54, 1.807) is 0 Å². The van der Waals surface area contributed by atoms with Gasteiger partial charge in [-0.15, -0.1) is 0 Å². The van der Waals surface area contributed by atoms with E-state index in [0.29, 0.717) is 6.61 Å². The Morgan fingerprint density at radius 1 is 0.759 bits per heavy atom. The number of aliphatic hydroxyl groups is 1. The fourth-order valence-electron chi connectivity index (χ4n) is 4.28. The van der Waals surface area contributed by atoms with Crippen LogP contribution < -0.4 is 0 Å². The van der Waals surface area contributed by atoms with Gasteiger partial charge in [-0.25, -0.2) is 0 Å². The molecule has 146 valence electrons. The summed E-state index contributed by atoms with van der Waals surface area (Å²) >= 11 is 0. The topological polar surface area (TPSA) is 38.7 Å². The van der Waals surface area contributed by atoms with Gasteiger partial charge >= 0.3 is 0 Å². The zero-order valence-electron chi connectivity index (χ0n) is 16.6. The first-order valence-electron chi connectivity index (χ1n) is 9.98. The Bertz CT molecular complexity index is 1120. The number of ether oxygens (including phenoxy) is 2. The number of rotatable bonds is 3. The molecule has 3 nitrogen and oxygen atoms in total. The smallest absolute Gasteiger partial charge is 0.163 e. The van der Waals surface area contributed by atoms with Gasteiger partial charge in [0.2, 0.25) is 0 Å². The van der Waals surface area contributed by atoms with Crippen LogP contribution >= 0.6 is 0 Å². The first-order chi connectivity index (χ1) is 14.0. The summed E-state index contributed by atoms with van der Waals surface area (Å²) in [6.45, 7) is 4.09. The molecule has 0 spiro atoms. The van der Waals surface area contributed by atoms with Gasteiger partial charge in [-0.2, -0.15) is 0 Å². The lowest BCUT2D eigenvalue weighted by molar-refractivity contribution is -0.164. The third kappa shape index (κ3) is 3.12. The Kier molecular flexibility index (Phi) is 4.21. The quantitative estimate of drug-likeness (QED) is 0.515. The van der Waals surface area contributed by atoms with Crippen LogP contribution in [0.3, 0.4) is 0 Å². The summed E-state index contributed by atoms with van der Waals surface area (Å²) in [4.78, 5) is 0. The van der Waals surface area contributed by atoms with Gasteiger partial charge in [-0.3, -0.25) is 0 Å². The second kappa shape index (κ2) is 6.67. The SMILES string of the molecule is CC1(C)OC[C@H](C(O)(c2ccc3ccccc3c2)c2ccc3ccccc3c2)O1. The largest absolute Gasteiger partial charge is 0.378 e. The van der Waals surface area contributed by atoms with Gasteiger partial charge in [0.1, 0.15) is 11.7 Å². The Balaban J connectivity index is 1.71. The van der Waals surface area contributed by atoms with E-state index in [4.69, 9.17) is 9.47 Å². The van der Waals surface area contributed by atoms with Crippen molar-refractivity contribution in [1.29, 1.82) is 0 Å². The number of benzene rings is 4. The van der Waals surface area contributed by atoms with Crippen molar-refractivity contribution in [3.05, 3.63) is 96.1 Å². The Hall–Kier alpha value is -2.72. The third-order valence-corrected chi connectivity index (χ3v) is 5.85. The fraction of sp³-hybridized carbons (Fsp3) is 0.231. The van der Waals surface area contributed by atoms with Crippen LogP contribution in [0.2, 0.25) is 0 Å². The summed E-state index contributed by atoms with van der Waals surface area (Å²) in [7, 11) is 0. The molecule has 1 heterocycles. The van der Waals surface area contributed by atoms with Gasteiger partial charge in [0, 0.05) is 0 Å². The van der Waals surface area contributed by atoms with E-state index in [2.05, 4.69) is 48.5 Å². The lowest BCUT2D eigenvalue weighted by Crippen LogP contribution is -2.43. The average molecular weight is 384 g/mol. The summed E-state index contributed by atoms with van der Waals surface area (Å²) < 4.78 is 12.0. The lowest BCUT2D eigenvalue weighted by Gasteiger charge is -2.35. The number of fused-ring (bicyclic) bond motifs is 2. The van der Waals surface area contributed by atoms with E-state index in [1.165, 1.54) is 0 Å². The molecule has 1 N–H and O–H groups in total. The zero-order chi connectivity index (χ0) is 20.1. The van der Waals surface area contributed by atoms with Crippen molar-refractivity contribution in [2.75, 3.05) is 6.61 Å². The molecule has 5 rings (SSSR count). The zero-order valence-corrected chi connectivity index (χ0v) is 16.6. The molecule has 0 bridgehead atoms. The normalized spacial score (nSPS) is 19.1. The molecule has 1 aliphatic rings. The first-order valence-corrected chi connectivity index (χ1v) is 9.98. The molecule has 1 saturated heterocycles. The van der Waals surface area contributed by atoms with Crippen LogP contribution in [0.1, 0.15) is 25.0 Å². The van der Waals surface area contributed by atoms with Gasteiger partial charge in [0.05, 0.1) is 6.61 Å². The standard InChI is InChI=1S/C26H24O3/c1-25(2)28-17-24(29-25)26(27,22-13-11-18-7-3-5-9-20(18)15-22)23-14-12-19-8-4-6-10-21(19)16-23/h3-16,24,27H,17H2,1-2H3/t24-/m1/s1. The molecule has 0 amide bonds. The van der Waals surface area contributed by atoms with Crippen molar-refractivity contribution in [3.63, 3.8) is 0 Å². The van der Waals surface area contributed by atoms with Crippen LogP contribution in [0, 0.1) is 0 Å². The van der Waals surface area contributed by atoms with Crippen LogP contribution in [0.5, 0.6) is 0 Å². The second-order valence-corrected chi connectivity index (χ2v) is 8.21. The van der Waals surface area contributed by atoms with E-state index in [0.717, 1.165) is 32.7 Å². The van der Waals surface area contributed by atoms with Crippen molar-refractivity contribution in [2.45, 2.75) is 31.3 Å². The molecular formula is C26H24O3. The Morgan fingerprint density at radius 3 is 1.69 bits per heavy atom. The molecule has 29 heavy (non-hydrogen) atoms.